The summed E-state index contributed by atoms with van der Waals surface area (Å²) in [6.07, 6.45) is 0. The Hall–Kier alpha value is -2.60. The number of hydrogen-bond acceptors (Lipinski definition) is 4. The molecule has 2 aromatic rings. The smallest absolute Gasteiger partial charge is 0.236 e. The lowest BCUT2D eigenvalue weighted by Crippen LogP contribution is -2.54. The Labute approximate surface area is 165 Å². The van der Waals surface area contributed by atoms with Crippen LogP contribution < -0.4 is 9.80 Å². The van der Waals surface area contributed by atoms with E-state index in [1.54, 1.807) is 6.07 Å². The van der Waals surface area contributed by atoms with Gasteiger partial charge in [-0.05, 0) is 24.3 Å². The number of carbonyl (C=O) groups is 1. The van der Waals surface area contributed by atoms with E-state index in [1.807, 2.05) is 35.2 Å². The Morgan fingerprint density at radius 2 is 1.36 bits per heavy atom. The Morgan fingerprint density at radius 3 is 2.04 bits per heavy atom. The molecule has 0 spiro atoms. The summed E-state index contributed by atoms with van der Waals surface area (Å²) in [7, 11) is 0. The van der Waals surface area contributed by atoms with Crippen LogP contribution in [0, 0.1) is 5.82 Å². The first-order valence-corrected chi connectivity index (χ1v) is 10.0. The van der Waals surface area contributed by atoms with Crippen molar-refractivity contribution in [3.8, 4) is 0 Å². The fourth-order valence-corrected chi connectivity index (χ4v) is 4.00. The van der Waals surface area contributed by atoms with E-state index in [4.69, 9.17) is 0 Å². The second-order valence-electron chi connectivity index (χ2n) is 7.42. The zero-order valence-electron chi connectivity index (χ0n) is 16.1. The van der Waals surface area contributed by atoms with Crippen LogP contribution in [0.5, 0.6) is 0 Å². The van der Waals surface area contributed by atoms with Crippen molar-refractivity contribution in [1.82, 2.24) is 9.80 Å². The molecule has 0 aromatic heterocycles. The summed E-state index contributed by atoms with van der Waals surface area (Å²) in [6, 6.07) is 17.3. The molecule has 2 heterocycles. The van der Waals surface area contributed by atoms with Gasteiger partial charge in [0.05, 0.1) is 12.2 Å². The van der Waals surface area contributed by atoms with Gasteiger partial charge < -0.3 is 14.7 Å². The first-order valence-electron chi connectivity index (χ1n) is 10.0. The molecule has 0 unspecified atom stereocenters. The van der Waals surface area contributed by atoms with Crippen molar-refractivity contribution < 1.29 is 9.18 Å². The molecular weight excluding hydrogens is 355 g/mol. The molecule has 28 heavy (non-hydrogen) atoms. The van der Waals surface area contributed by atoms with Gasteiger partial charge in [0, 0.05) is 58.0 Å². The van der Waals surface area contributed by atoms with Crippen molar-refractivity contribution in [3.63, 3.8) is 0 Å². The average Bonchev–Trinajstić information content (AvgIpc) is 2.75. The average molecular weight is 382 g/mol. The highest BCUT2D eigenvalue weighted by Gasteiger charge is 2.25. The number of amides is 1. The minimum atomic E-state index is -0.177. The lowest BCUT2D eigenvalue weighted by atomic mass is 10.2. The normalized spacial score (nSPS) is 18.4. The SMILES string of the molecule is O=C(CN1CCN(c2ccccc2F)CC1)N1CCN(c2ccccc2)CC1. The second kappa shape index (κ2) is 8.61. The van der Waals surface area contributed by atoms with Crippen LogP contribution in [0.3, 0.4) is 0 Å². The van der Waals surface area contributed by atoms with Crippen LogP contribution >= 0.6 is 0 Å². The molecule has 2 fully saturated rings. The van der Waals surface area contributed by atoms with Gasteiger partial charge in [-0.1, -0.05) is 30.3 Å². The van der Waals surface area contributed by atoms with E-state index in [1.165, 1.54) is 11.8 Å². The van der Waals surface area contributed by atoms with Crippen molar-refractivity contribution in [2.45, 2.75) is 0 Å². The number of halogens is 1. The number of anilines is 2. The van der Waals surface area contributed by atoms with Gasteiger partial charge in [0.15, 0.2) is 0 Å². The highest BCUT2D eigenvalue weighted by Crippen LogP contribution is 2.20. The van der Waals surface area contributed by atoms with Crippen molar-refractivity contribution >= 4 is 17.3 Å². The number of nitrogens with zero attached hydrogens (tertiary/aromatic N) is 4. The maximum atomic E-state index is 14.0. The summed E-state index contributed by atoms with van der Waals surface area (Å²) in [5, 5.41) is 0. The molecule has 0 radical (unpaired) electrons. The number of rotatable bonds is 4. The standard InChI is InChI=1S/C22H27FN4O/c23-20-8-4-5-9-21(20)26-12-10-24(11-13-26)18-22(28)27-16-14-25(15-17-27)19-6-2-1-3-7-19/h1-9H,10-18H2. The Bertz CT molecular complexity index is 784. The number of hydrogen-bond donors (Lipinski definition) is 0. The molecule has 148 valence electrons. The molecule has 2 aliphatic rings. The fraction of sp³-hybridized carbons (Fsp3) is 0.409. The summed E-state index contributed by atoms with van der Waals surface area (Å²) >= 11 is 0. The highest BCUT2D eigenvalue weighted by atomic mass is 19.1. The number of benzene rings is 2. The molecule has 0 atom stereocenters. The van der Waals surface area contributed by atoms with Gasteiger partial charge in [-0.15, -0.1) is 0 Å². The van der Waals surface area contributed by atoms with Gasteiger partial charge in [-0.3, -0.25) is 9.69 Å². The third kappa shape index (κ3) is 4.28. The summed E-state index contributed by atoms with van der Waals surface area (Å²) < 4.78 is 14.0. The predicted molar refractivity (Wildman–Crippen MR) is 110 cm³/mol. The summed E-state index contributed by atoms with van der Waals surface area (Å²) in [6.45, 7) is 6.79. The maximum Gasteiger partial charge on any atom is 0.236 e. The van der Waals surface area contributed by atoms with Crippen LogP contribution in [0.2, 0.25) is 0 Å². The van der Waals surface area contributed by atoms with E-state index in [2.05, 4.69) is 26.8 Å². The van der Waals surface area contributed by atoms with Gasteiger partial charge in [-0.2, -0.15) is 0 Å². The van der Waals surface area contributed by atoms with Gasteiger partial charge >= 0.3 is 0 Å². The zero-order chi connectivity index (χ0) is 19.3. The third-order valence-corrected chi connectivity index (χ3v) is 5.68. The van der Waals surface area contributed by atoms with E-state index in [-0.39, 0.29) is 11.7 Å². The minimum Gasteiger partial charge on any atom is -0.368 e. The first kappa shape index (κ1) is 18.7. The molecule has 2 saturated heterocycles. The topological polar surface area (TPSA) is 30.0 Å². The summed E-state index contributed by atoms with van der Waals surface area (Å²) in [5.74, 6) is 0.0235. The van der Waals surface area contributed by atoms with E-state index in [9.17, 15) is 9.18 Å². The molecule has 6 heteroatoms. The molecule has 1 amide bonds. The third-order valence-electron chi connectivity index (χ3n) is 5.68. The van der Waals surface area contributed by atoms with E-state index in [0.717, 1.165) is 52.4 Å². The van der Waals surface area contributed by atoms with E-state index < -0.39 is 0 Å². The Kier molecular flexibility index (Phi) is 5.76. The molecule has 0 aliphatic carbocycles. The molecular formula is C22H27FN4O. The number of para-hydroxylation sites is 2. The zero-order valence-corrected chi connectivity index (χ0v) is 16.1. The molecule has 2 aliphatic heterocycles. The van der Waals surface area contributed by atoms with Crippen molar-refractivity contribution in [2.75, 3.05) is 68.7 Å². The van der Waals surface area contributed by atoms with Crippen LogP contribution in [-0.2, 0) is 4.79 Å². The largest absolute Gasteiger partial charge is 0.368 e. The van der Waals surface area contributed by atoms with Crippen molar-refractivity contribution in [2.24, 2.45) is 0 Å². The van der Waals surface area contributed by atoms with E-state index in [0.29, 0.717) is 12.2 Å². The van der Waals surface area contributed by atoms with Gasteiger partial charge in [-0.25, -0.2) is 4.39 Å². The molecule has 0 saturated carbocycles. The number of piperazine rings is 2. The highest BCUT2D eigenvalue weighted by molar-refractivity contribution is 5.78. The van der Waals surface area contributed by atoms with Crippen molar-refractivity contribution in [3.05, 3.63) is 60.4 Å². The summed E-state index contributed by atoms with van der Waals surface area (Å²) in [4.78, 5) is 21.3. The van der Waals surface area contributed by atoms with E-state index >= 15 is 0 Å². The van der Waals surface area contributed by atoms with Gasteiger partial charge in [0.25, 0.3) is 0 Å². The van der Waals surface area contributed by atoms with Crippen LogP contribution in [0.15, 0.2) is 54.6 Å². The Balaban J connectivity index is 1.24. The molecule has 0 N–H and O–H groups in total. The molecule has 0 bridgehead atoms. The van der Waals surface area contributed by atoms with Gasteiger partial charge in [0.2, 0.25) is 5.91 Å². The lowest BCUT2D eigenvalue weighted by Gasteiger charge is -2.39. The van der Waals surface area contributed by atoms with Crippen LogP contribution in [0.25, 0.3) is 0 Å². The molecule has 2 aromatic carbocycles. The quantitative estimate of drug-likeness (QED) is 0.812. The van der Waals surface area contributed by atoms with Crippen LogP contribution in [0.1, 0.15) is 0 Å². The second-order valence-corrected chi connectivity index (χ2v) is 7.42. The fourth-order valence-electron chi connectivity index (χ4n) is 4.00. The van der Waals surface area contributed by atoms with Crippen molar-refractivity contribution in [1.29, 1.82) is 0 Å². The number of carbonyl (C=O) groups excluding carboxylic acids is 1. The van der Waals surface area contributed by atoms with Crippen LogP contribution in [-0.4, -0.2) is 74.6 Å². The van der Waals surface area contributed by atoms with Gasteiger partial charge in [0.1, 0.15) is 5.82 Å². The summed E-state index contributed by atoms with van der Waals surface area (Å²) in [5.41, 5.74) is 1.88. The molecule has 4 rings (SSSR count). The maximum absolute atomic E-state index is 14.0. The first-order chi connectivity index (χ1) is 13.7. The Morgan fingerprint density at radius 1 is 0.750 bits per heavy atom. The lowest BCUT2D eigenvalue weighted by molar-refractivity contribution is -0.132. The minimum absolute atomic E-state index is 0.177. The van der Waals surface area contributed by atoms with Crippen LogP contribution in [0.4, 0.5) is 15.8 Å². The predicted octanol–water partition coefficient (Wildman–Crippen LogP) is 2.30. The monoisotopic (exact) mass is 382 g/mol. The molecule has 5 nitrogen and oxygen atoms in total.